The summed E-state index contributed by atoms with van der Waals surface area (Å²) in [5, 5.41) is 13.5. The summed E-state index contributed by atoms with van der Waals surface area (Å²) in [6.07, 6.45) is 1.22. The number of aromatic nitrogens is 1. The number of nitro groups is 1. The summed E-state index contributed by atoms with van der Waals surface area (Å²) < 4.78 is 0.949. The molecule has 0 unspecified atom stereocenters. The Balaban J connectivity index is 2.16. The van der Waals surface area contributed by atoms with Gasteiger partial charge in [-0.3, -0.25) is 10.1 Å². The molecule has 17 heavy (non-hydrogen) atoms. The number of rotatable bonds is 3. The van der Waals surface area contributed by atoms with Crippen LogP contribution in [0.3, 0.4) is 0 Å². The van der Waals surface area contributed by atoms with Gasteiger partial charge in [0.2, 0.25) is 0 Å². The Bertz CT molecular complexity index is 543. The molecule has 1 N–H and O–H groups in total. The van der Waals surface area contributed by atoms with Crippen LogP contribution in [0.25, 0.3) is 0 Å². The lowest BCUT2D eigenvalue weighted by Crippen LogP contribution is -1.94. The van der Waals surface area contributed by atoms with E-state index in [2.05, 4.69) is 26.2 Å². The van der Waals surface area contributed by atoms with Gasteiger partial charge in [-0.1, -0.05) is 22.0 Å². The molecule has 0 atom stereocenters. The van der Waals surface area contributed by atoms with Crippen molar-refractivity contribution in [2.24, 2.45) is 0 Å². The fourth-order valence-corrected chi connectivity index (χ4v) is 1.68. The average Bonchev–Trinajstić information content (AvgIpc) is 2.29. The predicted octanol–water partition coefficient (Wildman–Crippen LogP) is 3.50. The molecular weight excluding hydrogens is 286 g/mol. The molecule has 0 saturated carbocycles. The molecule has 5 nitrogen and oxygen atoms in total. The zero-order valence-electron chi connectivity index (χ0n) is 8.63. The maximum Gasteiger partial charge on any atom is 0.287 e. The van der Waals surface area contributed by atoms with Gasteiger partial charge < -0.3 is 5.32 Å². The Morgan fingerprint density at radius 1 is 1.29 bits per heavy atom. The van der Waals surface area contributed by atoms with E-state index < -0.39 is 4.92 Å². The Kier molecular flexibility index (Phi) is 3.34. The maximum atomic E-state index is 10.5. The van der Waals surface area contributed by atoms with E-state index in [0.29, 0.717) is 5.82 Å². The average molecular weight is 294 g/mol. The fraction of sp³-hybridized carbons (Fsp3) is 0. The molecule has 0 bridgehead atoms. The minimum atomic E-state index is -0.476. The monoisotopic (exact) mass is 293 g/mol. The maximum absolute atomic E-state index is 10.5. The van der Waals surface area contributed by atoms with Gasteiger partial charge in [-0.05, 0) is 24.3 Å². The molecule has 0 aliphatic carbocycles. The topological polar surface area (TPSA) is 68.1 Å². The summed E-state index contributed by atoms with van der Waals surface area (Å²) in [6.45, 7) is 0. The molecule has 0 amide bonds. The molecule has 86 valence electrons. The number of halogens is 1. The number of hydrogen-bond acceptors (Lipinski definition) is 4. The number of pyridine rings is 1. The molecule has 0 saturated heterocycles. The second-order valence-electron chi connectivity index (χ2n) is 3.29. The van der Waals surface area contributed by atoms with Crippen LogP contribution in [-0.4, -0.2) is 9.91 Å². The lowest BCUT2D eigenvalue weighted by Gasteiger charge is -2.05. The third kappa shape index (κ3) is 3.01. The van der Waals surface area contributed by atoms with Gasteiger partial charge in [0, 0.05) is 16.2 Å². The number of anilines is 2. The second-order valence-corrected chi connectivity index (χ2v) is 4.21. The number of nitrogens with zero attached hydrogens (tertiary/aromatic N) is 2. The number of hydrogen-bond donors (Lipinski definition) is 1. The highest BCUT2D eigenvalue weighted by molar-refractivity contribution is 9.10. The zero-order valence-corrected chi connectivity index (χ0v) is 10.2. The summed E-state index contributed by atoms with van der Waals surface area (Å²) >= 11 is 3.36. The van der Waals surface area contributed by atoms with E-state index in [4.69, 9.17) is 0 Å². The highest BCUT2D eigenvalue weighted by Crippen LogP contribution is 2.20. The van der Waals surface area contributed by atoms with Crippen molar-refractivity contribution in [1.82, 2.24) is 4.98 Å². The van der Waals surface area contributed by atoms with Crippen LogP contribution in [0.4, 0.5) is 17.2 Å². The third-order valence-corrected chi connectivity index (χ3v) is 2.55. The van der Waals surface area contributed by atoms with Crippen molar-refractivity contribution in [3.8, 4) is 0 Å². The van der Waals surface area contributed by atoms with Gasteiger partial charge in [0.1, 0.15) is 12.0 Å². The van der Waals surface area contributed by atoms with Crippen molar-refractivity contribution < 1.29 is 4.92 Å². The first-order valence-electron chi connectivity index (χ1n) is 4.78. The largest absolute Gasteiger partial charge is 0.340 e. The molecule has 0 radical (unpaired) electrons. The molecular formula is C11H8BrN3O2. The van der Waals surface area contributed by atoms with Crippen molar-refractivity contribution in [3.05, 3.63) is 57.2 Å². The van der Waals surface area contributed by atoms with E-state index in [-0.39, 0.29) is 5.69 Å². The smallest absolute Gasteiger partial charge is 0.287 e. The Morgan fingerprint density at radius 3 is 2.71 bits per heavy atom. The minimum absolute atomic E-state index is 0.0233. The molecule has 2 rings (SSSR count). The van der Waals surface area contributed by atoms with Crippen LogP contribution in [0.5, 0.6) is 0 Å². The minimum Gasteiger partial charge on any atom is -0.340 e. The van der Waals surface area contributed by atoms with E-state index in [1.807, 2.05) is 24.3 Å². The lowest BCUT2D eigenvalue weighted by molar-refractivity contribution is -0.385. The quantitative estimate of drug-likeness (QED) is 0.695. The van der Waals surface area contributed by atoms with E-state index in [9.17, 15) is 10.1 Å². The van der Waals surface area contributed by atoms with Crippen LogP contribution in [0.15, 0.2) is 47.1 Å². The Morgan fingerprint density at radius 2 is 2.12 bits per heavy atom. The van der Waals surface area contributed by atoms with Gasteiger partial charge in [-0.2, -0.15) is 0 Å². The van der Waals surface area contributed by atoms with Gasteiger partial charge in [0.15, 0.2) is 0 Å². The van der Waals surface area contributed by atoms with Crippen molar-refractivity contribution in [3.63, 3.8) is 0 Å². The first kappa shape index (κ1) is 11.5. The number of benzene rings is 1. The Labute approximate surface area is 106 Å². The SMILES string of the molecule is O=[N+]([O-])c1ccc(Nc2cccc(Br)c2)nc1. The van der Waals surface area contributed by atoms with E-state index in [1.54, 1.807) is 6.07 Å². The van der Waals surface area contributed by atoms with E-state index in [1.165, 1.54) is 12.3 Å². The normalized spacial score (nSPS) is 9.94. The van der Waals surface area contributed by atoms with Gasteiger partial charge in [-0.25, -0.2) is 4.98 Å². The predicted molar refractivity (Wildman–Crippen MR) is 68.3 cm³/mol. The summed E-state index contributed by atoms with van der Waals surface area (Å²) in [7, 11) is 0. The molecule has 1 aromatic carbocycles. The fourth-order valence-electron chi connectivity index (χ4n) is 1.28. The first-order valence-corrected chi connectivity index (χ1v) is 5.57. The van der Waals surface area contributed by atoms with Crippen LogP contribution >= 0.6 is 15.9 Å². The van der Waals surface area contributed by atoms with Crippen molar-refractivity contribution in [2.75, 3.05) is 5.32 Å². The van der Waals surface area contributed by atoms with Crippen LogP contribution in [0.2, 0.25) is 0 Å². The van der Waals surface area contributed by atoms with Crippen LogP contribution in [0.1, 0.15) is 0 Å². The van der Waals surface area contributed by atoms with Gasteiger partial charge >= 0.3 is 0 Å². The number of nitrogens with one attached hydrogen (secondary N) is 1. The third-order valence-electron chi connectivity index (χ3n) is 2.06. The molecule has 0 aliphatic rings. The summed E-state index contributed by atoms with van der Waals surface area (Å²) in [6, 6.07) is 10.6. The van der Waals surface area contributed by atoms with Crippen molar-refractivity contribution in [1.29, 1.82) is 0 Å². The van der Waals surface area contributed by atoms with Crippen LogP contribution in [-0.2, 0) is 0 Å². The summed E-state index contributed by atoms with van der Waals surface area (Å²) in [5.74, 6) is 0.564. The summed E-state index contributed by atoms with van der Waals surface area (Å²) in [5.41, 5.74) is 0.838. The molecule has 2 aromatic rings. The van der Waals surface area contributed by atoms with Gasteiger partial charge in [-0.15, -0.1) is 0 Å². The van der Waals surface area contributed by atoms with E-state index >= 15 is 0 Å². The first-order chi connectivity index (χ1) is 8.15. The van der Waals surface area contributed by atoms with Crippen molar-refractivity contribution >= 4 is 33.1 Å². The van der Waals surface area contributed by atoms with Crippen LogP contribution in [0, 0.1) is 10.1 Å². The molecule has 6 heteroatoms. The zero-order chi connectivity index (χ0) is 12.3. The molecule has 1 aromatic heterocycles. The summed E-state index contributed by atoms with van der Waals surface area (Å²) in [4.78, 5) is 13.9. The highest BCUT2D eigenvalue weighted by Gasteiger charge is 2.05. The van der Waals surface area contributed by atoms with Crippen LogP contribution < -0.4 is 5.32 Å². The molecule has 0 fully saturated rings. The second kappa shape index (κ2) is 4.92. The lowest BCUT2D eigenvalue weighted by atomic mass is 10.3. The molecule has 0 aliphatic heterocycles. The van der Waals surface area contributed by atoms with Crippen molar-refractivity contribution in [2.45, 2.75) is 0 Å². The standard InChI is InChI=1S/C11H8BrN3O2/c12-8-2-1-3-9(6-8)14-11-5-4-10(7-13-11)15(16)17/h1-7H,(H,13,14). The Hall–Kier alpha value is -1.95. The molecule has 0 spiro atoms. The van der Waals surface area contributed by atoms with E-state index in [0.717, 1.165) is 10.2 Å². The highest BCUT2D eigenvalue weighted by atomic mass is 79.9. The van der Waals surface area contributed by atoms with Gasteiger partial charge in [0.05, 0.1) is 4.92 Å². The molecule has 1 heterocycles. The van der Waals surface area contributed by atoms with Gasteiger partial charge in [0.25, 0.3) is 5.69 Å².